The van der Waals surface area contributed by atoms with Crippen molar-refractivity contribution in [2.45, 2.75) is 196 Å². The van der Waals surface area contributed by atoms with Crippen LogP contribution in [0.2, 0.25) is 0 Å². The first kappa shape index (κ1) is 67.9. The van der Waals surface area contributed by atoms with Crippen LogP contribution in [-0.4, -0.2) is 115 Å². The summed E-state index contributed by atoms with van der Waals surface area (Å²) in [5.74, 6) is 6.19. The largest absolute Gasteiger partial charge is 0.494 e. The van der Waals surface area contributed by atoms with Crippen LogP contribution in [0.25, 0.3) is 0 Å². The molecule has 0 amide bonds. The van der Waals surface area contributed by atoms with E-state index < -0.39 is 0 Å². The normalized spacial score (nSPS) is 17.9. The molecule has 0 radical (unpaired) electrons. The fourth-order valence-electron chi connectivity index (χ4n) is 10.3. The summed E-state index contributed by atoms with van der Waals surface area (Å²) >= 11 is 2.15. The van der Waals surface area contributed by atoms with Gasteiger partial charge in [0.25, 0.3) is 0 Å². The van der Waals surface area contributed by atoms with Crippen LogP contribution < -0.4 is 4.74 Å². The summed E-state index contributed by atoms with van der Waals surface area (Å²) in [5.41, 5.74) is 9.15. The van der Waals surface area contributed by atoms with E-state index in [1.807, 2.05) is 0 Å². The molecule has 3 aromatic rings. The molecule has 0 saturated carbocycles. The Labute approximate surface area is 475 Å². The summed E-state index contributed by atoms with van der Waals surface area (Å²) in [5, 5.41) is 8.97. The lowest BCUT2D eigenvalue weighted by atomic mass is 9.88. The van der Waals surface area contributed by atoms with E-state index in [9.17, 15) is 0 Å². The zero-order valence-electron chi connectivity index (χ0n) is 52.9. The van der Waals surface area contributed by atoms with Gasteiger partial charge in [0.05, 0.1) is 13.2 Å². The number of hydrogen-bond acceptors (Lipinski definition) is 7. The Morgan fingerprint density at radius 3 is 1.32 bits per heavy atom. The molecule has 0 spiro atoms. The van der Waals surface area contributed by atoms with E-state index >= 15 is 0 Å². The molecule has 3 fully saturated rings. The van der Waals surface area contributed by atoms with Crippen molar-refractivity contribution in [3.05, 3.63) is 101 Å². The molecule has 0 aromatic heterocycles. The highest BCUT2D eigenvalue weighted by atomic mass is 32.2. The van der Waals surface area contributed by atoms with Crippen LogP contribution in [0.3, 0.4) is 0 Å². The van der Waals surface area contributed by atoms with Crippen molar-refractivity contribution in [2.75, 3.05) is 90.2 Å². The highest BCUT2D eigenvalue weighted by Crippen LogP contribution is 2.29. The molecule has 3 heterocycles. The quantitative estimate of drug-likeness (QED) is 0.128. The number of thioether (sulfide) groups is 1. The van der Waals surface area contributed by atoms with Gasteiger partial charge in [-0.3, -0.25) is 14.7 Å². The van der Waals surface area contributed by atoms with Crippen molar-refractivity contribution in [2.24, 2.45) is 44.8 Å². The topological polar surface area (TPSA) is 42.4 Å². The molecule has 6 rings (SSSR count). The van der Waals surface area contributed by atoms with Crippen molar-refractivity contribution < 1.29 is 9.84 Å². The molecule has 3 saturated heterocycles. The predicted molar refractivity (Wildman–Crippen MR) is 336 cm³/mol. The average molecular weight is 1070 g/mol. The summed E-state index contributed by atoms with van der Waals surface area (Å²) in [6.07, 6.45) is 11.3. The summed E-state index contributed by atoms with van der Waals surface area (Å²) in [6.45, 7) is 56.0. The molecule has 3 aliphatic rings. The fourth-order valence-corrected chi connectivity index (χ4v) is 11.6. The molecule has 0 bridgehead atoms. The van der Waals surface area contributed by atoms with Crippen molar-refractivity contribution in [3.63, 3.8) is 0 Å². The molecule has 76 heavy (non-hydrogen) atoms. The standard InChI is InChI=1S/C25H43NO.C22H37NS.C18H30N2O.C4H10/c1-24(2,3)15-7-16-26-17-12-21(13-18-26)14-19-27-23-10-8-22(9-11-23)20-25(4,5)6;1-21(2,3)13-18-7-9-19(10-8-18)14-23-12-11-20(15-23)16-24-17-22(4,5)6;1-18(2,3)14-16-4-6-17(7-5-16)15-20-10-8-19(9-11-20)12-13-21;1-4(2)3/h8-11,21H,7,12-20H2,1-6H3;7-10,20H,11-17H2,1-6H3;4-7,21H,8-15H2,1-3H3;4H,1-3H3. The Hall–Kier alpha value is -2.39. The van der Waals surface area contributed by atoms with Gasteiger partial charge in [-0.15, -0.1) is 0 Å². The average Bonchev–Trinajstić information content (AvgIpc) is 3.74. The number of piperidine rings is 1. The molecule has 6 nitrogen and oxygen atoms in total. The Bertz CT molecular complexity index is 1930. The molecule has 1 unspecified atom stereocenters. The van der Waals surface area contributed by atoms with E-state index in [1.54, 1.807) is 0 Å². The van der Waals surface area contributed by atoms with Crippen LogP contribution in [0.4, 0.5) is 0 Å². The maximum atomic E-state index is 8.97. The summed E-state index contributed by atoms with van der Waals surface area (Å²) in [4.78, 5) is 10.1. The smallest absolute Gasteiger partial charge is 0.119 e. The monoisotopic (exact) mass is 1070 g/mol. The van der Waals surface area contributed by atoms with Gasteiger partial charge in [-0.25, -0.2) is 0 Å². The maximum absolute atomic E-state index is 8.97. The van der Waals surface area contributed by atoms with Gasteiger partial charge in [0.2, 0.25) is 0 Å². The zero-order chi connectivity index (χ0) is 56.6. The molecule has 434 valence electrons. The van der Waals surface area contributed by atoms with Crippen molar-refractivity contribution in [1.29, 1.82) is 0 Å². The Morgan fingerprint density at radius 2 is 0.882 bits per heavy atom. The lowest BCUT2D eigenvalue weighted by Gasteiger charge is -2.34. The number of hydrogen-bond donors (Lipinski definition) is 1. The SMILES string of the molecule is CC(C)(C)CCCN1CCC(CCOc2ccc(CC(C)(C)C)cc2)CC1.CC(C)(C)CSCC1CCN(Cc2ccc(CC(C)(C)C)cc2)C1.CC(C)(C)Cc1ccc(CN2CCN(CCO)CC2)cc1.CC(C)C. The highest BCUT2D eigenvalue weighted by molar-refractivity contribution is 7.99. The third kappa shape index (κ3) is 33.9. The van der Waals surface area contributed by atoms with Gasteiger partial charge in [0.1, 0.15) is 5.75 Å². The molecular formula is C69H120N4O2S. The van der Waals surface area contributed by atoms with Gasteiger partial charge in [0.15, 0.2) is 0 Å². The van der Waals surface area contributed by atoms with Crippen molar-refractivity contribution >= 4 is 11.8 Å². The number of piperazine rings is 1. The van der Waals surface area contributed by atoms with E-state index in [0.29, 0.717) is 27.1 Å². The Balaban J connectivity index is 0.000000291. The first-order valence-corrected chi connectivity index (χ1v) is 31.5. The number of aliphatic hydroxyl groups excluding tert-OH is 1. The maximum Gasteiger partial charge on any atom is 0.119 e. The van der Waals surface area contributed by atoms with Gasteiger partial charge in [-0.2, -0.15) is 11.8 Å². The third-order valence-electron chi connectivity index (χ3n) is 14.0. The number of ether oxygens (including phenoxy) is 1. The first-order chi connectivity index (χ1) is 35.4. The molecule has 3 aliphatic heterocycles. The van der Waals surface area contributed by atoms with Gasteiger partial charge in [-0.1, -0.05) is 185 Å². The number of aliphatic hydroxyl groups is 1. The second-order valence-electron chi connectivity index (χ2n) is 30.1. The van der Waals surface area contributed by atoms with Gasteiger partial charge < -0.3 is 14.7 Å². The summed E-state index contributed by atoms with van der Waals surface area (Å²) in [6, 6.07) is 27.2. The predicted octanol–water partition coefficient (Wildman–Crippen LogP) is 16.5. The van der Waals surface area contributed by atoms with E-state index in [4.69, 9.17) is 9.84 Å². The highest BCUT2D eigenvalue weighted by Gasteiger charge is 2.24. The van der Waals surface area contributed by atoms with Crippen LogP contribution in [0.1, 0.15) is 191 Å². The lowest BCUT2D eigenvalue weighted by molar-refractivity contribution is 0.108. The second kappa shape index (κ2) is 33.4. The first-order valence-electron chi connectivity index (χ1n) is 30.4. The van der Waals surface area contributed by atoms with E-state index in [-0.39, 0.29) is 6.61 Å². The number of nitrogens with zero attached hydrogens (tertiary/aromatic N) is 4. The Kier molecular flexibility index (Phi) is 29.8. The van der Waals surface area contributed by atoms with Crippen LogP contribution in [0.5, 0.6) is 5.75 Å². The number of benzene rings is 3. The fraction of sp³-hybridized carbons (Fsp3) is 0.739. The Morgan fingerprint density at radius 1 is 0.487 bits per heavy atom. The lowest BCUT2D eigenvalue weighted by Crippen LogP contribution is -2.46. The van der Waals surface area contributed by atoms with Gasteiger partial charge >= 0.3 is 0 Å². The minimum atomic E-state index is 0.273. The van der Waals surface area contributed by atoms with Crippen molar-refractivity contribution in [3.8, 4) is 5.75 Å². The number of rotatable bonds is 19. The van der Waals surface area contributed by atoms with Gasteiger partial charge in [0, 0.05) is 52.4 Å². The van der Waals surface area contributed by atoms with E-state index in [1.165, 1.54) is 111 Å². The van der Waals surface area contributed by atoms with E-state index in [2.05, 4.69) is 229 Å². The number of likely N-dealkylation sites (tertiary alicyclic amines) is 2. The van der Waals surface area contributed by atoms with Crippen molar-refractivity contribution in [1.82, 2.24) is 19.6 Å². The second-order valence-corrected chi connectivity index (χ2v) is 31.1. The van der Waals surface area contributed by atoms with Crippen LogP contribution in [0.15, 0.2) is 72.8 Å². The summed E-state index contributed by atoms with van der Waals surface area (Å²) < 4.78 is 6.01. The third-order valence-corrected chi connectivity index (χ3v) is 15.8. The molecular weight excluding hydrogens is 949 g/mol. The molecule has 7 heteroatoms. The minimum absolute atomic E-state index is 0.273. The number of β-amino-alcohol motifs (C(OH)–C–C–N with tert-alkyl or cyclic N) is 1. The molecule has 3 aromatic carbocycles. The zero-order valence-corrected chi connectivity index (χ0v) is 53.7. The minimum Gasteiger partial charge on any atom is -0.494 e. The summed E-state index contributed by atoms with van der Waals surface area (Å²) in [7, 11) is 0. The van der Waals surface area contributed by atoms with Crippen LogP contribution in [0, 0.1) is 44.8 Å². The molecule has 1 atom stereocenters. The molecule has 1 N–H and O–H groups in total. The van der Waals surface area contributed by atoms with E-state index in [0.717, 1.165) is 95.2 Å². The van der Waals surface area contributed by atoms with Crippen LogP contribution >= 0.6 is 11.8 Å². The molecule has 0 aliphatic carbocycles. The van der Waals surface area contributed by atoms with Crippen LogP contribution in [-0.2, 0) is 32.4 Å². The van der Waals surface area contributed by atoms with Gasteiger partial charge in [-0.05, 0) is 180 Å².